The molecular formula is C23H28N4O5. The number of rotatable bonds is 9. The van der Waals surface area contributed by atoms with Crippen molar-refractivity contribution in [1.29, 1.82) is 0 Å². The normalized spacial score (nSPS) is 14.4. The third-order valence-corrected chi connectivity index (χ3v) is 5.14. The van der Waals surface area contributed by atoms with Crippen LogP contribution in [0.3, 0.4) is 0 Å². The highest BCUT2D eigenvalue weighted by Crippen LogP contribution is 2.17. The van der Waals surface area contributed by atoms with Crippen LogP contribution in [0.2, 0.25) is 0 Å². The molecule has 2 aromatic rings. The van der Waals surface area contributed by atoms with Gasteiger partial charge in [-0.15, -0.1) is 0 Å². The minimum absolute atomic E-state index is 0.0582. The van der Waals surface area contributed by atoms with Gasteiger partial charge in [-0.1, -0.05) is 6.07 Å². The minimum Gasteiger partial charge on any atom is -0.497 e. The van der Waals surface area contributed by atoms with E-state index in [9.17, 15) is 14.4 Å². The molecule has 1 aliphatic heterocycles. The van der Waals surface area contributed by atoms with E-state index in [4.69, 9.17) is 15.2 Å². The number of carbonyl (C=O) groups excluding carboxylic acids is 3. The van der Waals surface area contributed by atoms with E-state index in [-0.39, 0.29) is 36.9 Å². The number of piperidine rings is 1. The number of primary amides is 1. The topological polar surface area (TPSA) is 123 Å². The van der Waals surface area contributed by atoms with E-state index < -0.39 is 0 Å². The zero-order chi connectivity index (χ0) is 22.9. The predicted octanol–water partition coefficient (Wildman–Crippen LogP) is 1.39. The molecule has 9 nitrogen and oxygen atoms in total. The summed E-state index contributed by atoms with van der Waals surface area (Å²) in [6.07, 6.45) is 1.53. The van der Waals surface area contributed by atoms with Gasteiger partial charge in [0.05, 0.1) is 13.7 Å². The summed E-state index contributed by atoms with van der Waals surface area (Å²) >= 11 is 0. The highest BCUT2D eigenvalue weighted by Gasteiger charge is 2.22. The zero-order valence-corrected chi connectivity index (χ0v) is 18.0. The Morgan fingerprint density at radius 1 is 1.06 bits per heavy atom. The van der Waals surface area contributed by atoms with E-state index in [0.717, 1.165) is 25.9 Å². The van der Waals surface area contributed by atoms with Gasteiger partial charge in [-0.05, 0) is 49.2 Å². The first-order valence-corrected chi connectivity index (χ1v) is 10.4. The van der Waals surface area contributed by atoms with E-state index in [2.05, 4.69) is 10.6 Å². The summed E-state index contributed by atoms with van der Waals surface area (Å²) in [6, 6.07) is 13.7. The SMILES string of the molecule is COc1cccc(NC(=O)COc2ccc(C(=O)NC3CCN(CC(N)=O)CC3)cc2)c1. The van der Waals surface area contributed by atoms with E-state index >= 15 is 0 Å². The smallest absolute Gasteiger partial charge is 0.262 e. The molecule has 9 heteroatoms. The second-order valence-corrected chi connectivity index (χ2v) is 7.58. The molecule has 0 aromatic heterocycles. The molecule has 4 N–H and O–H groups in total. The number of anilines is 1. The number of likely N-dealkylation sites (tertiary alicyclic amines) is 1. The van der Waals surface area contributed by atoms with Gasteiger partial charge >= 0.3 is 0 Å². The largest absolute Gasteiger partial charge is 0.497 e. The fourth-order valence-corrected chi connectivity index (χ4v) is 3.47. The molecule has 1 heterocycles. The van der Waals surface area contributed by atoms with Crippen molar-refractivity contribution in [3.8, 4) is 11.5 Å². The van der Waals surface area contributed by atoms with Gasteiger partial charge in [-0.3, -0.25) is 19.3 Å². The number of ether oxygens (including phenoxy) is 2. The van der Waals surface area contributed by atoms with Gasteiger partial charge in [0.1, 0.15) is 11.5 Å². The lowest BCUT2D eigenvalue weighted by atomic mass is 10.0. The van der Waals surface area contributed by atoms with E-state index in [1.807, 2.05) is 4.90 Å². The van der Waals surface area contributed by atoms with Crippen molar-refractivity contribution in [3.05, 3.63) is 54.1 Å². The maximum atomic E-state index is 12.5. The number of amides is 3. The summed E-state index contributed by atoms with van der Waals surface area (Å²) in [5.41, 5.74) is 6.35. The summed E-state index contributed by atoms with van der Waals surface area (Å²) in [5.74, 6) is 0.326. The second kappa shape index (κ2) is 11.1. The Morgan fingerprint density at radius 3 is 2.44 bits per heavy atom. The third kappa shape index (κ3) is 6.98. The first-order chi connectivity index (χ1) is 15.4. The van der Waals surface area contributed by atoms with Gasteiger partial charge in [0.15, 0.2) is 6.61 Å². The fraction of sp³-hybridized carbons (Fsp3) is 0.348. The van der Waals surface area contributed by atoms with E-state index in [1.165, 1.54) is 0 Å². The number of methoxy groups -OCH3 is 1. The number of hydrogen-bond acceptors (Lipinski definition) is 6. The summed E-state index contributed by atoms with van der Waals surface area (Å²) in [4.78, 5) is 37.6. The Bertz CT molecular complexity index is 940. The standard InChI is InChI=1S/C23H28N4O5/c1-31-20-4-2-3-18(13-20)25-22(29)15-32-19-7-5-16(6-8-19)23(30)26-17-9-11-27(12-10-17)14-21(24)28/h2-8,13,17H,9-12,14-15H2,1H3,(H2,24,28)(H,25,29)(H,26,30). The molecule has 32 heavy (non-hydrogen) atoms. The second-order valence-electron chi connectivity index (χ2n) is 7.58. The lowest BCUT2D eigenvalue weighted by Crippen LogP contribution is -2.46. The molecule has 0 spiro atoms. The number of nitrogens with zero attached hydrogens (tertiary/aromatic N) is 1. The molecule has 1 fully saturated rings. The maximum absolute atomic E-state index is 12.5. The quantitative estimate of drug-likeness (QED) is 0.542. The highest BCUT2D eigenvalue weighted by atomic mass is 16.5. The Labute approximate surface area is 186 Å². The molecule has 1 aliphatic rings. The summed E-state index contributed by atoms with van der Waals surface area (Å²) in [6.45, 7) is 1.53. The van der Waals surface area contributed by atoms with Crippen LogP contribution in [0.5, 0.6) is 11.5 Å². The number of carbonyl (C=O) groups is 3. The number of nitrogens with two attached hydrogens (primary N) is 1. The molecule has 2 aromatic carbocycles. The average Bonchev–Trinajstić information content (AvgIpc) is 2.79. The van der Waals surface area contributed by atoms with Crippen LogP contribution in [0.1, 0.15) is 23.2 Å². The molecule has 0 bridgehead atoms. The first-order valence-electron chi connectivity index (χ1n) is 10.4. The van der Waals surface area contributed by atoms with Gasteiger partial charge in [0.25, 0.3) is 11.8 Å². The number of benzene rings is 2. The van der Waals surface area contributed by atoms with Crippen molar-refractivity contribution in [3.63, 3.8) is 0 Å². The van der Waals surface area contributed by atoms with Crippen LogP contribution in [-0.2, 0) is 9.59 Å². The molecule has 0 radical (unpaired) electrons. The Morgan fingerprint density at radius 2 is 1.78 bits per heavy atom. The van der Waals surface area contributed by atoms with Crippen LogP contribution in [0.25, 0.3) is 0 Å². The molecule has 0 saturated carbocycles. The summed E-state index contributed by atoms with van der Waals surface area (Å²) in [7, 11) is 1.56. The molecular weight excluding hydrogens is 412 g/mol. The Kier molecular flexibility index (Phi) is 8.04. The van der Waals surface area contributed by atoms with Gasteiger partial charge in [-0.25, -0.2) is 0 Å². The average molecular weight is 441 g/mol. The third-order valence-electron chi connectivity index (χ3n) is 5.14. The van der Waals surface area contributed by atoms with Crippen LogP contribution < -0.4 is 25.8 Å². The minimum atomic E-state index is -0.340. The van der Waals surface area contributed by atoms with Crippen LogP contribution in [-0.4, -0.2) is 62.0 Å². The van der Waals surface area contributed by atoms with Crippen LogP contribution in [0, 0.1) is 0 Å². The van der Waals surface area contributed by atoms with Gasteiger partial charge < -0.3 is 25.8 Å². The van der Waals surface area contributed by atoms with Crippen molar-refractivity contribution in [2.75, 3.05) is 38.7 Å². The molecule has 3 rings (SSSR count). The van der Waals surface area contributed by atoms with E-state index in [1.54, 1.807) is 55.6 Å². The maximum Gasteiger partial charge on any atom is 0.262 e. The van der Waals surface area contributed by atoms with Crippen LogP contribution in [0.4, 0.5) is 5.69 Å². The van der Waals surface area contributed by atoms with Crippen molar-refractivity contribution in [2.45, 2.75) is 18.9 Å². The molecule has 0 aliphatic carbocycles. The summed E-state index contributed by atoms with van der Waals surface area (Å²) in [5, 5.41) is 5.76. The number of nitrogens with one attached hydrogen (secondary N) is 2. The summed E-state index contributed by atoms with van der Waals surface area (Å²) < 4.78 is 10.6. The van der Waals surface area contributed by atoms with Gasteiger partial charge in [0.2, 0.25) is 5.91 Å². The lowest BCUT2D eigenvalue weighted by molar-refractivity contribution is -0.119. The lowest BCUT2D eigenvalue weighted by Gasteiger charge is -2.31. The molecule has 0 unspecified atom stereocenters. The van der Waals surface area contributed by atoms with Gasteiger partial charge in [-0.2, -0.15) is 0 Å². The van der Waals surface area contributed by atoms with Crippen molar-refractivity contribution in [1.82, 2.24) is 10.2 Å². The molecule has 3 amide bonds. The van der Waals surface area contributed by atoms with Crippen molar-refractivity contribution in [2.24, 2.45) is 5.73 Å². The molecule has 0 atom stereocenters. The predicted molar refractivity (Wildman–Crippen MR) is 120 cm³/mol. The molecule has 1 saturated heterocycles. The van der Waals surface area contributed by atoms with Crippen molar-refractivity contribution < 1.29 is 23.9 Å². The van der Waals surface area contributed by atoms with Gasteiger partial charge in [0, 0.05) is 36.4 Å². The van der Waals surface area contributed by atoms with Crippen LogP contribution >= 0.6 is 0 Å². The van der Waals surface area contributed by atoms with Crippen LogP contribution in [0.15, 0.2) is 48.5 Å². The highest BCUT2D eigenvalue weighted by molar-refractivity contribution is 5.94. The zero-order valence-electron chi connectivity index (χ0n) is 18.0. The van der Waals surface area contributed by atoms with E-state index in [0.29, 0.717) is 22.7 Å². The first kappa shape index (κ1) is 23.1. The monoisotopic (exact) mass is 440 g/mol. The Balaban J connectivity index is 1.42. The molecule has 170 valence electrons. The number of hydrogen-bond donors (Lipinski definition) is 3. The fourth-order valence-electron chi connectivity index (χ4n) is 3.47. The van der Waals surface area contributed by atoms with Crippen molar-refractivity contribution >= 4 is 23.4 Å². The Hall–Kier alpha value is -3.59.